The van der Waals surface area contributed by atoms with Gasteiger partial charge in [-0.3, -0.25) is 24.4 Å². The maximum absolute atomic E-state index is 12.9. The van der Waals surface area contributed by atoms with Crippen molar-refractivity contribution in [1.29, 1.82) is 0 Å². The fourth-order valence-corrected chi connectivity index (χ4v) is 4.43. The minimum atomic E-state index is -4.05. The molecule has 0 aliphatic rings. The van der Waals surface area contributed by atoms with E-state index >= 15 is 0 Å². The Kier molecular flexibility index (Phi) is 8.56. The molecule has 34 heavy (non-hydrogen) atoms. The van der Waals surface area contributed by atoms with Crippen LogP contribution in [0.4, 0.5) is 10.5 Å². The Bertz CT molecular complexity index is 1210. The molecule has 0 saturated heterocycles. The molecule has 2 rings (SSSR count). The predicted molar refractivity (Wildman–Crippen MR) is 120 cm³/mol. The molecular weight excluding hydrogens is 468 g/mol. The highest BCUT2D eigenvalue weighted by molar-refractivity contribution is 7.92. The van der Waals surface area contributed by atoms with E-state index in [1.807, 2.05) is 6.92 Å². The smallest absolute Gasteiger partial charge is 0.411 e. The monoisotopic (exact) mass is 492 g/mol. The van der Waals surface area contributed by atoms with Gasteiger partial charge in [0.05, 0.1) is 10.6 Å². The van der Waals surface area contributed by atoms with Gasteiger partial charge in [0.15, 0.2) is 5.92 Å². The molecule has 13 heteroatoms. The van der Waals surface area contributed by atoms with Crippen LogP contribution in [0.2, 0.25) is 0 Å². The third-order valence-corrected chi connectivity index (χ3v) is 6.10. The number of carbonyl (C=O) groups is 4. The minimum Gasteiger partial charge on any atom is -0.505 e. The first kappa shape index (κ1) is 26.1. The number of para-hydroxylation sites is 1. The molecule has 0 aromatic heterocycles. The van der Waals surface area contributed by atoms with Crippen molar-refractivity contribution in [3.05, 3.63) is 53.6 Å². The van der Waals surface area contributed by atoms with Crippen molar-refractivity contribution in [3.63, 3.8) is 0 Å². The first-order valence-corrected chi connectivity index (χ1v) is 11.5. The highest BCUT2D eigenvalue weighted by atomic mass is 32.2. The van der Waals surface area contributed by atoms with Crippen molar-refractivity contribution in [3.8, 4) is 5.75 Å². The second-order valence-electron chi connectivity index (χ2n) is 7.12. The van der Waals surface area contributed by atoms with E-state index in [1.54, 1.807) is 18.2 Å². The number of anilines is 1. The number of carbonyl (C=O) groups excluding carboxylic acids is 3. The summed E-state index contributed by atoms with van der Waals surface area (Å²) in [6, 6.07) is 10.5. The van der Waals surface area contributed by atoms with Gasteiger partial charge in [-0.15, -0.1) is 0 Å². The number of aryl methyl sites for hydroxylation is 1. The largest absolute Gasteiger partial charge is 0.505 e. The lowest BCUT2D eigenvalue weighted by Crippen LogP contribution is -2.49. The van der Waals surface area contributed by atoms with Crippen molar-refractivity contribution in [2.75, 3.05) is 4.72 Å². The fraction of sp³-hybridized carbons (Fsp3) is 0.238. The van der Waals surface area contributed by atoms with Crippen LogP contribution >= 0.6 is 0 Å². The molecule has 0 aliphatic heterocycles. The van der Waals surface area contributed by atoms with Gasteiger partial charge in [-0.2, -0.15) is 0 Å². The van der Waals surface area contributed by atoms with Gasteiger partial charge >= 0.3 is 6.09 Å². The van der Waals surface area contributed by atoms with Crippen LogP contribution in [-0.4, -0.2) is 42.4 Å². The Morgan fingerprint density at radius 3 is 2.26 bits per heavy atom. The molecular formula is C21H24N4O8S. The summed E-state index contributed by atoms with van der Waals surface area (Å²) in [6.45, 7) is 1.49. The summed E-state index contributed by atoms with van der Waals surface area (Å²) in [4.78, 5) is 46.1. The number of amides is 4. The molecule has 12 nitrogen and oxygen atoms in total. The van der Waals surface area contributed by atoms with Gasteiger partial charge in [0.2, 0.25) is 11.8 Å². The topological polar surface area (TPSA) is 205 Å². The van der Waals surface area contributed by atoms with Crippen molar-refractivity contribution in [2.45, 2.75) is 31.2 Å². The molecule has 0 bridgehead atoms. The van der Waals surface area contributed by atoms with Crippen LogP contribution in [0.15, 0.2) is 47.4 Å². The number of primary amides is 1. The second kappa shape index (κ2) is 11.1. The number of phenols is 1. The van der Waals surface area contributed by atoms with Crippen LogP contribution in [-0.2, 0) is 37.4 Å². The summed E-state index contributed by atoms with van der Waals surface area (Å²) in [5.41, 5.74) is 5.52. The molecule has 0 saturated carbocycles. The Labute approximate surface area is 195 Å². The summed E-state index contributed by atoms with van der Waals surface area (Å²) in [5.74, 6) is -6.65. The van der Waals surface area contributed by atoms with Gasteiger partial charge in [-0.25, -0.2) is 13.2 Å². The Morgan fingerprint density at radius 1 is 1.00 bits per heavy atom. The van der Waals surface area contributed by atoms with Crippen molar-refractivity contribution < 1.29 is 37.8 Å². The number of carboxylic acid groups (broad SMARTS) is 1. The quantitative estimate of drug-likeness (QED) is 0.205. The van der Waals surface area contributed by atoms with E-state index in [4.69, 9.17) is 10.8 Å². The summed E-state index contributed by atoms with van der Waals surface area (Å²) < 4.78 is 28.2. The van der Waals surface area contributed by atoms with Gasteiger partial charge in [0.25, 0.3) is 15.9 Å². The molecule has 0 aliphatic carbocycles. The number of sulfonamides is 1. The SMILES string of the molecule is CCCc1ccccc1S(=O)(=O)Nc1cccc(CNC(=O)[C@@H](C(N)=O)C(=O)NC(=O)O)c1O. The maximum atomic E-state index is 12.9. The van der Waals surface area contributed by atoms with Crippen molar-refractivity contribution in [2.24, 2.45) is 11.7 Å². The Morgan fingerprint density at radius 2 is 1.65 bits per heavy atom. The van der Waals surface area contributed by atoms with Crippen molar-refractivity contribution >= 4 is 39.5 Å². The van der Waals surface area contributed by atoms with Gasteiger partial charge in [-0.05, 0) is 24.1 Å². The van der Waals surface area contributed by atoms with Gasteiger partial charge < -0.3 is 21.3 Å². The molecule has 2 aromatic carbocycles. The zero-order valence-electron chi connectivity index (χ0n) is 18.1. The minimum absolute atomic E-state index is 0.0530. The predicted octanol–water partition coefficient (Wildman–Crippen LogP) is 0.657. The Balaban J connectivity index is 2.22. The molecule has 182 valence electrons. The van der Waals surface area contributed by atoms with Gasteiger partial charge in [-0.1, -0.05) is 43.7 Å². The third-order valence-electron chi connectivity index (χ3n) is 4.64. The summed E-state index contributed by atoms with van der Waals surface area (Å²) in [6.07, 6.45) is -0.516. The molecule has 0 unspecified atom stereocenters. The number of imide groups is 1. The number of nitrogens with two attached hydrogens (primary N) is 1. The molecule has 4 amide bonds. The van der Waals surface area contributed by atoms with Crippen LogP contribution in [0.3, 0.4) is 0 Å². The number of hydrogen-bond donors (Lipinski definition) is 6. The van der Waals surface area contributed by atoms with E-state index in [9.17, 15) is 32.7 Å². The van der Waals surface area contributed by atoms with Crippen LogP contribution in [0.5, 0.6) is 5.75 Å². The lowest BCUT2D eigenvalue weighted by molar-refractivity contribution is -0.141. The highest BCUT2D eigenvalue weighted by Gasteiger charge is 2.33. The number of phenolic OH excluding ortho intramolecular Hbond substituents is 1. The second-order valence-corrected chi connectivity index (χ2v) is 8.77. The van der Waals surface area contributed by atoms with Gasteiger partial charge in [0.1, 0.15) is 5.75 Å². The molecule has 0 heterocycles. The molecule has 0 radical (unpaired) electrons. The number of benzene rings is 2. The van der Waals surface area contributed by atoms with Gasteiger partial charge in [0, 0.05) is 12.1 Å². The number of nitrogens with one attached hydrogen (secondary N) is 3. The van der Waals surface area contributed by atoms with Crippen LogP contribution in [0.1, 0.15) is 24.5 Å². The highest BCUT2D eigenvalue weighted by Crippen LogP contribution is 2.30. The van der Waals surface area contributed by atoms with Crippen LogP contribution in [0, 0.1) is 5.92 Å². The molecule has 2 aromatic rings. The molecule has 7 N–H and O–H groups in total. The molecule has 0 spiro atoms. The number of hydrogen-bond acceptors (Lipinski definition) is 7. The van der Waals surface area contributed by atoms with Crippen LogP contribution in [0.25, 0.3) is 0 Å². The summed E-state index contributed by atoms with van der Waals surface area (Å²) in [7, 11) is -4.05. The van der Waals surface area contributed by atoms with E-state index in [1.165, 1.54) is 29.6 Å². The van der Waals surface area contributed by atoms with E-state index in [-0.39, 0.29) is 16.1 Å². The summed E-state index contributed by atoms with van der Waals surface area (Å²) >= 11 is 0. The average molecular weight is 493 g/mol. The average Bonchev–Trinajstić information content (AvgIpc) is 2.74. The lowest BCUT2D eigenvalue weighted by atomic mass is 10.1. The molecule has 0 fully saturated rings. The van der Waals surface area contributed by atoms with E-state index in [0.29, 0.717) is 12.0 Å². The number of aromatic hydroxyl groups is 1. The van der Waals surface area contributed by atoms with E-state index < -0.39 is 52.1 Å². The lowest BCUT2D eigenvalue weighted by Gasteiger charge is -2.16. The zero-order valence-corrected chi connectivity index (χ0v) is 18.9. The van der Waals surface area contributed by atoms with E-state index in [0.717, 1.165) is 6.42 Å². The maximum Gasteiger partial charge on any atom is 0.411 e. The third kappa shape index (κ3) is 6.45. The first-order valence-electron chi connectivity index (χ1n) is 10.00. The zero-order chi connectivity index (χ0) is 25.5. The van der Waals surface area contributed by atoms with E-state index in [2.05, 4.69) is 10.0 Å². The normalized spacial score (nSPS) is 11.8. The summed E-state index contributed by atoms with van der Waals surface area (Å²) in [5, 5.41) is 22.7. The number of rotatable bonds is 10. The van der Waals surface area contributed by atoms with Crippen LogP contribution < -0.4 is 21.1 Å². The fourth-order valence-electron chi connectivity index (χ4n) is 3.10. The first-order chi connectivity index (χ1) is 16.0. The molecule has 1 atom stereocenters. The standard InChI is InChI=1S/C21H24N4O8S/c1-2-6-12-7-3-4-10-15(12)34(32,33)25-14-9-5-8-13(17(14)26)11-23-19(28)16(18(22)27)20(29)24-21(30)31/h3-5,7-10,16,25-26H,2,6,11H2,1H3,(H2,22,27)(H,23,28)(H,24,29)(H,30,31)/t16-/m1/s1. The van der Waals surface area contributed by atoms with Crippen molar-refractivity contribution in [1.82, 2.24) is 10.6 Å². The Hall–Kier alpha value is -4.13.